The Morgan fingerprint density at radius 2 is 2.04 bits per heavy atom. The molecule has 0 spiro atoms. The topological polar surface area (TPSA) is 78.3 Å². The summed E-state index contributed by atoms with van der Waals surface area (Å²) in [6.45, 7) is -0.247. The van der Waals surface area contributed by atoms with Gasteiger partial charge in [-0.15, -0.1) is 11.3 Å². The van der Waals surface area contributed by atoms with Gasteiger partial charge in [-0.3, -0.25) is 19.0 Å². The Hall–Kier alpha value is -2.45. The van der Waals surface area contributed by atoms with Gasteiger partial charge < -0.3 is 4.74 Å². The van der Waals surface area contributed by atoms with Crippen LogP contribution in [0, 0.1) is 0 Å². The van der Waals surface area contributed by atoms with Crippen molar-refractivity contribution in [2.45, 2.75) is 11.7 Å². The van der Waals surface area contributed by atoms with Gasteiger partial charge >= 0.3 is 5.97 Å². The molecule has 0 N–H and O–H groups in total. The molecule has 0 bridgehead atoms. The number of carbonyl (C=O) groups is 2. The molecule has 2 aromatic heterocycles. The van der Waals surface area contributed by atoms with E-state index in [2.05, 4.69) is 9.72 Å². The van der Waals surface area contributed by atoms with Gasteiger partial charge in [0, 0.05) is 0 Å². The Morgan fingerprint density at radius 3 is 2.76 bits per heavy atom. The number of esters is 1. The number of Topliss-reactive ketones (excluding diaryl/α,β-unsaturated/α-hetero) is 1. The highest BCUT2D eigenvalue weighted by Gasteiger charge is 2.16. The van der Waals surface area contributed by atoms with E-state index in [1.807, 2.05) is 11.4 Å². The zero-order chi connectivity index (χ0) is 17.8. The van der Waals surface area contributed by atoms with Crippen LogP contribution < -0.4 is 5.56 Å². The van der Waals surface area contributed by atoms with Gasteiger partial charge in [0.1, 0.15) is 6.54 Å². The van der Waals surface area contributed by atoms with Crippen molar-refractivity contribution >= 4 is 45.8 Å². The lowest BCUT2D eigenvalue weighted by atomic mass is 10.2. The maximum atomic E-state index is 12.7. The van der Waals surface area contributed by atoms with Crippen molar-refractivity contribution in [3.05, 3.63) is 57.0 Å². The number of nitrogens with zero attached hydrogens (tertiary/aromatic N) is 2. The first kappa shape index (κ1) is 17.4. The lowest BCUT2D eigenvalue weighted by molar-refractivity contribution is -0.141. The van der Waals surface area contributed by atoms with Crippen LogP contribution in [0.4, 0.5) is 0 Å². The number of methoxy groups -OCH3 is 1. The number of ether oxygens (including phenoxy) is 1. The van der Waals surface area contributed by atoms with Crippen molar-refractivity contribution in [3.63, 3.8) is 0 Å². The molecule has 0 unspecified atom stereocenters. The number of hydrogen-bond acceptors (Lipinski definition) is 7. The molecule has 6 nitrogen and oxygen atoms in total. The Kier molecular flexibility index (Phi) is 5.30. The van der Waals surface area contributed by atoms with Crippen LogP contribution in [0.25, 0.3) is 10.9 Å². The number of hydrogen-bond donors (Lipinski definition) is 0. The number of thiophene rings is 1. The van der Waals surface area contributed by atoms with Crippen LogP contribution >= 0.6 is 23.1 Å². The van der Waals surface area contributed by atoms with Crippen molar-refractivity contribution in [1.29, 1.82) is 0 Å². The molecule has 25 heavy (non-hydrogen) atoms. The van der Waals surface area contributed by atoms with Gasteiger partial charge in [-0.05, 0) is 23.6 Å². The van der Waals surface area contributed by atoms with E-state index in [0.717, 1.165) is 11.8 Å². The maximum Gasteiger partial charge on any atom is 0.325 e. The van der Waals surface area contributed by atoms with Gasteiger partial charge in [-0.1, -0.05) is 30.0 Å². The minimum atomic E-state index is -0.550. The lowest BCUT2D eigenvalue weighted by Crippen LogP contribution is -2.27. The molecule has 1 aromatic carbocycles. The van der Waals surface area contributed by atoms with E-state index in [4.69, 9.17) is 0 Å². The molecule has 8 heteroatoms. The first-order valence-corrected chi connectivity index (χ1v) is 9.22. The molecular formula is C17H14N2O4S2. The Balaban J connectivity index is 1.96. The van der Waals surface area contributed by atoms with Crippen molar-refractivity contribution in [2.75, 3.05) is 12.9 Å². The van der Waals surface area contributed by atoms with E-state index < -0.39 is 5.97 Å². The average molecular weight is 374 g/mol. The van der Waals surface area contributed by atoms with Gasteiger partial charge in [0.15, 0.2) is 10.9 Å². The molecule has 3 rings (SSSR count). The highest BCUT2D eigenvalue weighted by molar-refractivity contribution is 7.99. The number of benzene rings is 1. The van der Waals surface area contributed by atoms with Crippen molar-refractivity contribution < 1.29 is 14.3 Å². The standard InChI is InChI=1S/C17H14N2O4S2/c1-23-15(21)9-19-16(22)11-5-2-3-6-12(11)18-17(19)25-10-13(20)14-7-4-8-24-14/h2-8H,9-10H2,1H3. The van der Waals surface area contributed by atoms with E-state index in [-0.39, 0.29) is 23.6 Å². The summed E-state index contributed by atoms with van der Waals surface area (Å²) in [4.78, 5) is 41.6. The smallest absolute Gasteiger partial charge is 0.325 e. The Bertz CT molecular complexity index is 980. The second-order valence-corrected chi connectivity index (χ2v) is 6.96. The van der Waals surface area contributed by atoms with Gasteiger partial charge in [0.2, 0.25) is 0 Å². The minimum Gasteiger partial charge on any atom is -0.468 e. The predicted octanol–water partition coefficient (Wildman–Crippen LogP) is 2.61. The Labute approximate surface area is 151 Å². The van der Waals surface area contributed by atoms with E-state index in [1.54, 1.807) is 30.3 Å². The highest BCUT2D eigenvalue weighted by Crippen LogP contribution is 2.20. The molecule has 3 aromatic rings. The quantitative estimate of drug-likeness (QED) is 0.286. The van der Waals surface area contributed by atoms with E-state index in [9.17, 15) is 14.4 Å². The van der Waals surface area contributed by atoms with Gasteiger partial charge in [0.05, 0.1) is 28.6 Å². The molecule has 0 aliphatic rings. The van der Waals surface area contributed by atoms with Crippen LogP contribution in [0.5, 0.6) is 0 Å². The number of thioether (sulfide) groups is 1. The molecular weight excluding hydrogens is 360 g/mol. The first-order chi connectivity index (χ1) is 12.1. The van der Waals surface area contributed by atoms with Crippen molar-refractivity contribution in [1.82, 2.24) is 9.55 Å². The second-order valence-electron chi connectivity index (χ2n) is 5.07. The van der Waals surface area contributed by atoms with Crippen LogP contribution in [0.3, 0.4) is 0 Å². The minimum absolute atomic E-state index is 0.0491. The van der Waals surface area contributed by atoms with E-state index in [0.29, 0.717) is 20.9 Å². The molecule has 0 amide bonds. The van der Waals surface area contributed by atoms with Crippen molar-refractivity contribution in [3.8, 4) is 0 Å². The fraction of sp³-hybridized carbons (Fsp3) is 0.176. The SMILES string of the molecule is COC(=O)Cn1c(SCC(=O)c2cccs2)nc2ccccc2c1=O. The molecule has 0 atom stereocenters. The number of carbonyl (C=O) groups excluding carboxylic acids is 2. The zero-order valence-corrected chi connectivity index (χ0v) is 14.9. The molecule has 2 heterocycles. The normalized spacial score (nSPS) is 10.8. The van der Waals surface area contributed by atoms with Crippen LogP contribution in [0.2, 0.25) is 0 Å². The average Bonchev–Trinajstić information content (AvgIpc) is 3.17. The summed E-state index contributed by atoms with van der Waals surface area (Å²) in [6.07, 6.45) is 0. The molecule has 0 fully saturated rings. The molecule has 0 radical (unpaired) electrons. The summed E-state index contributed by atoms with van der Waals surface area (Å²) in [6, 6.07) is 10.5. The number of ketones is 1. The lowest BCUT2D eigenvalue weighted by Gasteiger charge is -2.11. The second kappa shape index (κ2) is 7.62. The number of rotatable bonds is 6. The van der Waals surface area contributed by atoms with Gasteiger partial charge in [-0.25, -0.2) is 4.98 Å². The van der Waals surface area contributed by atoms with Crippen LogP contribution in [-0.4, -0.2) is 34.2 Å². The summed E-state index contributed by atoms with van der Waals surface area (Å²) < 4.78 is 5.91. The number of fused-ring (bicyclic) bond motifs is 1. The molecule has 0 saturated heterocycles. The van der Waals surface area contributed by atoms with E-state index in [1.165, 1.54) is 23.0 Å². The van der Waals surface area contributed by atoms with Gasteiger partial charge in [0.25, 0.3) is 5.56 Å². The predicted molar refractivity (Wildman–Crippen MR) is 97.4 cm³/mol. The first-order valence-electron chi connectivity index (χ1n) is 7.36. The number of para-hydroxylation sites is 1. The number of aromatic nitrogens is 2. The largest absolute Gasteiger partial charge is 0.468 e. The summed E-state index contributed by atoms with van der Waals surface area (Å²) >= 11 is 2.50. The maximum absolute atomic E-state index is 12.7. The third-order valence-electron chi connectivity index (χ3n) is 3.47. The summed E-state index contributed by atoms with van der Waals surface area (Å²) in [5, 5.41) is 2.57. The third-order valence-corrected chi connectivity index (χ3v) is 5.36. The fourth-order valence-electron chi connectivity index (χ4n) is 2.23. The van der Waals surface area contributed by atoms with Crippen LogP contribution in [-0.2, 0) is 16.1 Å². The summed E-state index contributed by atoms with van der Waals surface area (Å²) in [7, 11) is 1.26. The zero-order valence-electron chi connectivity index (χ0n) is 13.3. The highest BCUT2D eigenvalue weighted by atomic mass is 32.2. The van der Waals surface area contributed by atoms with Crippen LogP contribution in [0.15, 0.2) is 51.7 Å². The Morgan fingerprint density at radius 1 is 1.24 bits per heavy atom. The van der Waals surface area contributed by atoms with Crippen molar-refractivity contribution in [2.24, 2.45) is 0 Å². The monoisotopic (exact) mass is 374 g/mol. The van der Waals surface area contributed by atoms with E-state index >= 15 is 0 Å². The van der Waals surface area contributed by atoms with Gasteiger partial charge in [-0.2, -0.15) is 0 Å². The molecule has 0 aliphatic heterocycles. The molecule has 0 aliphatic carbocycles. The molecule has 0 saturated carbocycles. The summed E-state index contributed by atoms with van der Waals surface area (Å²) in [5.41, 5.74) is 0.196. The van der Waals surface area contributed by atoms with Crippen LogP contribution in [0.1, 0.15) is 9.67 Å². The third kappa shape index (κ3) is 3.80. The summed E-state index contributed by atoms with van der Waals surface area (Å²) in [5.74, 6) is -0.468. The fourth-order valence-corrected chi connectivity index (χ4v) is 3.87. The molecule has 128 valence electrons.